The molecule has 2 heterocycles. The number of benzene rings is 1. The van der Waals surface area contributed by atoms with Gasteiger partial charge in [0.15, 0.2) is 16.6 Å². The minimum atomic E-state index is -1.11. The molecule has 0 radical (unpaired) electrons. The van der Waals surface area contributed by atoms with Gasteiger partial charge in [0.25, 0.3) is 0 Å². The second-order valence-electron chi connectivity index (χ2n) is 5.40. The van der Waals surface area contributed by atoms with E-state index in [0.29, 0.717) is 40.1 Å². The first-order chi connectivity index (χ1) is 13.0. The lowest BCUT2D eigenvalue weighted by Crippen LogP contribution is -2.28. The van der Waals surface area contributed by atoms with Gasteiger partial charge in [-0.2, -0.15) is 0 Å². The van der Waals surface area contributed by atoms with Crippen molar-refractivity contribution in [1.82, 2.24) is 20.3 Å². The van der Waals surface area contributed by atoms with Crippen molar-refractivity contribution >= 4 is 63.4 Å². The van der Waals surface area contributed by atoms with E-state index in [-0.39, 0.29) is 10.6 Å². The topological polar surface area (TPSA) is 112 Å². The monoisotopic (exact) mass is 402 g/mol. The summed E-state index contributed by atoms with van der Waals surface area (Å²) in [7, 11) is 0. The van der Waals surface area contributed by atoms with Crippen molar-refractivity contribution in [2.24, 2.45) is 0 Å². The van der Waals surface area contributed by atoms with Crippen LogP contribution in [0.5, 0.6) is 0 Å². The predicted molar refractivity (Wildman–Crippen MR) is 109 cm³/mol. The molecule has 3 aromatic rings. The van der Waals surface area contributed by atoms with Crippen LogP contribution in [0.25, 0.3) is 11.2 Å². The number of hydrogen-bond acceptors (Lipinski definition) is 6. The number of nitrogens with zero attached hydrogens (tertiary/aromatic N) is 3. The number of carboxylic acid groups (broad SMARTS) is 1. The molecule has 0 bridgehead atoms. The molecule has 0 aliphatic rings. The molecule has 0 saturated heterocycles. The lowest BCUT2D eigenvalue weighted by molar-refractivity contribution is 0.0697. The molecule has 0 atom stereocenters. The lowest BCUT2D eigenvalue weighted by Gasteiger charge is -2.10. The van der Waals surface area contributed by atoms with E-state index < -0.39 is 5.97 Å². The van der Waals surface area contributed by atoms with Crippen molar-refractivity contribution in [3.63, 3.8) is 0 Å². The van der Waals surface area contributed by atoms with Gasteiger partial charge in [-0.15, -0.1) is 0 Å². The number of pyridine rings is 1. The number of anilines is 3. The Morgan fingerprint density at radius 1 is 1.22 bits per heavy atom. The average molecular weight is 403 g/mol. The summed E-state index contributed by atoms with van der Waals surface area (Å²) in [5, 5.41) is 18.7. The number of thiocarbonyl (C=S) groups is 1. The summed E-state index contributed by atoms with van der Waals surface area (Å²) < 4.78 is 0. The molecular weight excluding hydrogens is 388 g/mol. The predicted octanol–water partition coefficient (Wildman–Crippen LogP) is 3.43. The molecule has 0 aliphatic carbocycles. The van der Waals surface area contributed by atoms with Gasteiger partial charge < -0.3 is 21.1 Å². The zero-order valence-corrected chi connectivity index (χ0v) is 15.7. The van der Waals surface area contributed by atoms with Crippen molar-refractivity contribution in [1.29, 1.82) is 0 Å². The number of rotatable bonds is 5. The third-order valence-electron chi connectivity index (χ3n) is 3.45. The fourth-order valence-electron chi connectivity index (χ4n) is 2.26. The number of halogens is 1. The molecule has 1 aromatic carbocycles. The highest BCUT2D eigenvalue weighted by molar-refractivity contribution is 7.80. The van der Waals surface area contributed by atoms with Crippen LogP contribution in [0.1, 0.15) is 17.3 Å². The normalized spacial score (nSPS) is 10.4. The Bertz CT molecular complexity index is 1030. The Balaban J connectivity index is 1.86. The maximum Gasteiger partial charge on any atom is 0.337 e. The lowest BCUT2D eigenvalue weighted by atomic mass is 10.2. The Morgan fingerprint density at radius 3 is 2.74 bits per heavy atom. The quantitative estimate of drug-likeness (QED) is 0.477. The number of fused-ring (bicyclic) bond motifs is 1. The second-order valence-corrected chi connectivity index (χ2v) is 6.22. The van der Waals surface area contributed by atoms with Crippen LogP contribution in [0.15, 0.2) is 36.5 Å². The van der Waals surface area contributed by atoms with Gasteiger partial charge in [0.05, 0.1) is 16.8 Å². The first kappa shape index (κ1) is 18.7. The van der Waals surface area contributed by atoms with Crippen LogP contribution >= 0.6 is 23.8 Å². The molecule has 0 amide bonds. The minimum absolute atomic E-state index is 0.00281. The molecule has 2 aromatic heterocycles. The molecule has 0 fully saturated rings. The van der Waals surface area contributed by atoms with Gasteiger partial charge >= 0.3 is 5.97 Å². The standard InChI is InChI=1S/C17H15ClN6O2S/c1-2-19-17(27)24-13-6-5-12-15(22-13)23-14(8-20-12)21-9-3-4-11(18)10(7-9)16(25)26/h3-8H,2H2,1H3,(H,25,26)(H3,19,21,22,23,24,27). The number of nitrogens with one attached hydrogen (secondary N) is 3. The van der Waals surface area contributed by atoms with E-state index in [1.54, 1.807) is 18.2 Å². The van der Waals surface area contributed by atoms with Crippen LogP contribution in [0, 0.1) is 0 Å². The summed E-state index contributed by atoms with van der Waals surface area (Å²) in [5.74, 6) is -0.151. The molecule has 0 aliphatic heterocycles. The van der Waals surface area contributed by atoms with Crippen LogP contribution in [0.2, 0.25) is 5.02 Å². The summed E-state index contributed by atoms with van der Waals surface area (Å²) >= 11 is 11.0. The second kappa shape index (κ2) is 8.11. The Morgan fingerprint density at radius 2 is 2.00 bits per heavy atom. The fourth-order valence-corrected chi connectivity index (χ4v) is 2.71. The highest BCUT2D eigenvalue weighted by atomic mass is 35.5. The first-order valence-electron chi connectivity index (χ1n) is 7.95. The molecule has 3 rings (SSSR count). The van der Waals surface area contributed by atoms with Crippen LogP contribution in [0.4, 0.5) is 17.3 Å². The number of aromatic carboxylic acids is 1. The van der Waals surface area contributed by atoms with E-state index in [4.69, 9.17) is 28.9 Å². The molecule has 0 saturated carbocycles. The van der Waals surface area contributed by atoms with Gasteiger partial charge in [0, 0.05) is 12.2 Å². The van der Waals surface area contributed by atoms with Gasteiger partial charge in [0.2, 0.25) is 0 Å². The van der Waals surface area contributed by atoms with Gasteiger partial charge in [-0.25, -0.2) is 19.7 Å². The van der Waals surface area contributed by atoms with E-state index in [1.165, 1.54) is 18.3 Å². The third kappa shape index (κ3) is 4.57. The van der Waals surface area contributed by atoms with Gasteiger partial charge in [-0.05, 0) is 49.5 Å². The number of aromatic nitrogens is 3. The SMILES string of the molecule is CCNC(=S)Nc1ccc2ncc(Nc3ccc(Cl)c(C(=O)O)c3)nc2n1. The smallest absolute Gasteiger partial charge is 0.337 e. The number of carboxylic acids is 1. The van der Waals surface area contributed by atoms with Crippen LogP contribution in [-0.2, 0) is 0 Å². The van der Waals surface area contributed by atoms with Crippen LogP contribution in [-0.4, -0.2) is 37.7 Å². The van der Waals surface area contributed by atoms with Gasteiger partial charge in [-0.3, -0.25) is 0 Å². The van der Waals surface area contributed by atoms with E-state index >= 15 is 0 Å². The molecule has 0 spiro atoms. The first-order valence-corrected chi connectivity index (χ1v) is 8.73. The number of carbonyl (C=O) groups is 1. The summed E-state index contributed by atoms with van der Waals surface area (Å²) in [6.45, 7) is 2.64. The summed E-state index contributed by atoms with van der Waals surface area (Å²) in [6, 6.07) is 8.12. The minimum Gasteiger partial charge on any atom is -0.478 e. The molecular formula is C17H15ClN6O2S. The van der Waals surface area contributed by atoms with Gasteiger partial charge in [-0.1, -0.05) is 11.6 Å². The van der Waals surface area contributed by atoms with Crippen molar-refractivity contribution in [2.75, 3.05) is 17.2 Å². The fraction of sp³-hybridized carbons (Fsp3) is 0.118. The molecule has 8 nitrogen and oxygen atoms in total. The van der Waals surface area contributed by atoms with Crippen LogP contribution < -0.4 is 16.0 Å². The average Bonchev–Trinajstić information content (AvgIpc) is 2.63. The van der Waals surface area contributed by atoms with Gasteiger partial charge in [0.1, 0.15) is 11.3 Å². The molecule has 10 heteroatoms. The van der Waals surface area contributed by atoms with Crippen LogP contribution in [0.3, 0.4) is 0 Å². The summed E-state index contributed by atoms with van der Waals surface area (Å²) in [5.41, 5.74) is 1.55. The molecule has 27 heavy (non-hydrogen) atoms. The third-order valence-corrected chi connectivity index (χ3v) is 4.03. The Kier molecular flexibility index (Phi) is 5.63. The molecule has 4 N–H and O–H groups in total. The van der Waals surface area contributed by atoms with Crippen molar-refractivity contribution < 1.29 is 9.90 Å². The van der Waals surface area contributed by atoms with Crippen molar-refractivity contribution in [3.05, 3.63) is 47.1 Å². The summed E-state index contributed by atoms with van der Waals surface area (Å²) in [4.78, 5) is 24.3. The highest BCUT2D eigenvalue weighted by Gasteiger charge is 2.10. The maximum absolute atomic E-state index is 11.2. The Labute approximate surface area is 165 Å². The zero-order valence-electron chi connectivity index (χ0n) is 14.2. The number of hydrogen-bond donors (Lipinski definition) is 4. The highest BCUT2D eigenvalue weighted by Crippen LogP contribution is 2.23. The van der Waals surface area contributed by atoms with Crippen molar-refractivity contribution in [2.45, 2.75) is 6.92 Å². The van der Waals surface area contributed by atoms with E-state index in [0.717, 1.165) is 0 Å². The van der Waals surface area contributed by atoms with Crippen molar-refractivity contribution in [3.8, 4) is 0 Å². The van der Waals surface area contributed by atoms with E-state index in [1.807, 2.05) is 6.92 Å². The molecule has 0 unspecified atom stereocenters. The largest absolute Gasteiger partial charge is 0.478 e. The van der Waals surface area contributed by atoms with E-state index in [2.05, 4.69) is 30.9 Å². The molecule has 138 valence electrons. The zero-order chi connectivity index (χ0) is 19.4. The van der Waals surface area contributed by atoms with E-state index in [9.17, 15) is 4.79 Å². The maximum atomic E-state index is 11.2. The Hall–Kier alpha value is -3.04. The summed E-state index contributed by atoms with van der Waals surface area (Å²) in [6.07, 6.45) is 1.54.